The van der Waals surface area contributed by atoms with Gasteiger partial charge in [-0.1, -0.05) is 0 Å². The van der Waals surface area contributed by atoms with Gasteiger partial charge in [0.25, 0.3) is 5.91 Å². The van der Waals surface area contributed by atoms with Crippen LogP contribution < -0.4 is 4.90 Å². The molecule has 2 N–H and O–H groups in total. The lowest BCUT2D eigenvalue weighted by atomic mass is 9.99. The van der Waals surface area contributed by atoms with E-state index in [1.165, 1.54) is 28.4 Å². The molecule has 0 unspecified atom stereocenters. The first-order valence-corrected chi connectivity index (χ1v) is 8.15. The molecule has 7 heteroatoms. The molecule has 0 fully saturated rings. The first-order chi connectivity index (χ1) is 12.0. The van der Waals surface area contributed by atoms with Gasteiger partial charge in [-0.15, -0.1) is 0 Å². The summed E-state index contributed by atoms with van der Waals surface area (Å²) < 4.78 is 10.6. The van der Waals surface area contributed by atoms with Crippen LogP contribution >= 0.6 is 0 Å². The minimum absolute atomic E-state index is 0.00731. The average molecular weight is 345 g/mol. The number of hydrogen-bond acceptors (Lipinski definition) is 5. The highest BCUT2D eigenvalue weighted by Crippen LogP contribution is 2.39. The number of furan rings is 2. The summed E-state index contributed by atoms with van der Waals surface area (Å²) in [6.45, 7) is 1.27. The molecule has 1 amide bonds. The van der Waals surface area contributed by atoms with Crippen molar-refractivity contribution in [1.29, 1.82) is 0 Å². The highest BCUT2D eigenvalue weighted by atomic mass is 16.3. The molecular formula is C18H21N2O5+. The molecule has 0 saturated heterocycles. The Morgan fingerprint density at radius 1 is 1.24 bits per heavy atom. The molecule has 3 heterocycles. The Labute approximate surface area is 145 Å². The molecule has 3 rings (SSSR count). The summed E-state index contributed by atoms with van der Waals surface area (Å²) in [7, 11) is 4.05. The zero-order valence-corrected chi connectivity index (χ0v) is 14.2. The van der Waals surface area contributed by atoms with Crippen LogP contribution in [0.1, 0.15) is 28.8 Å². The van der Waals surface area contributed by atoms with Gasteiger partial charge in [0.1, 0.15) is 11.8 Å². The van der Waals surface area contributed by atoms with Gasteiger partial charge in [-0.2, -0.15) is 0 Å². The summed E-state index contributed by atoms with van der Waals surface area (Å²) in [5, 5.41) is 10.4. The molecular weight excluding hydrogens is 324 g/mol. The number of aliphatic hydroxyl groups excluding tert-OH is 1. The van der Waals surface area contributed by atoms with Crippen LogP contribution in [0.2, 0.25) is 0 Å². The van der Waals surface area contributed by atoms with Gasteiger partial charge < -0.3 is 23.7 Å². The van der Waals surface area contributed by atoms with Crippen molar-refractivity contribution in [3.63, 3.8) is 0 Å². The van der Waals surface area contributed by atoms with Crippen molar-refractivity contribution in [3.8, 4) is 0 Å². The van der Waals surface area contributed by atoms with Crippen LogP contribution in [0.3, 0.4) is 0 Å². The van der Waals surface area contributed by atoms with Crippen molar-refractivity contribution >= 4 is 11.7 Å². The molecule has 0 saturated carbocycles. The predicted octanol–water partition coefficient (Wildman–Crippen LogP) is 0.986. The van der Waals surface area contributed by atoms with E-state index >= 15 is 0 Å². The van der Waals surface area contributed by atoms with E-state index in [1.807, 2.05) is 14.1 Å². The van der Waals surface area contributed by atoms with Gasteiger partial charge in [-0.25, -0.2) is 0 Å². The lowest BCUT2D eigenvalue weighted by Gasteiger charge is -2.24. The van der Waals surface area contributed by atoms with E-state index < -0.39 is 23.5 Å². The van der Waals surface area contributed by atoms with Crippen molar-refractivity contribution in [3.05, 3.63) is 59.6 Å². The van der Waals surface area contributed by atoms with Crippen molar-refractivity contribution < 1.29 is 28.4 Å². The van der Waals surface area contributed by atoms with E-state index in [1.54, 1.807) is 18.2 Å². The first-order valence-electron chi connectivity index (χ1n) is 8.15. The minimum atomic E-state index is -0.753. The fourth-order valence-electron chi connectivity index (χ4n) is 3.00. The zero-order chi connectivity index (χ0) is 18.0. The second-order valence-corrected chi connectivity index (χ2v) is 6.30. The van der Waals surface area contributed by atoms with Crippen LogP contribution in [0, 0.1) is 0 Å². The van der Waals surface area contributed by atoms with Crippen LogP contribution in [-0.2, 0) is 4.79 Å². The molecule has 1 aliphatic heterocycles. The second-order valence-electron chi connectivity index (χ2n) is 6.30. The molecule has 132 valence electrons. The number of rotatable bonds is 7. The Morgan fingerprint density at radius 3 is 2.56 bits per heavy atom. The number of nitrogens with one attached hydrogen (secondary N) is 1. The van der Waals surface area contributed by atoms with E-state index in [4.69, 9.17) is 8.83 Å². The number of carbonyl (C=O) groups excluding carboxylic acids is 2. The van der Waals surface area contributed by atoms with Crippen LogP contribution in [-0.4, -0.2) is 48.9 Å². The quantitative estimate of drug-likeness (QED) is 0.731. The fourth-order valence-corrected chi connectivity index (χ4v) is 3.00. The van der Waals surface area contributed by atoms with E-state index in [-0.39, 0.29) is 11.3 Å². The predicted molar refractivity (Wildman–Crippen MR) is 88.2 cm³/mol. The van der Waals surface area contributed by atoms with Gasteiger partial charge in [0.05, 0.1) is 38.7 Å². The van der Waals surface area contributed by atoms with E-state index in [9.17, 15) is 14.7 Å². The molecule has 1 atom stereocenters. The van der Waals surface area contributed by atoms with E-state index in [2.05, 4.69) is 0 Å². The van der Waals surface area contributed by atoms with Crippen LogP contribution in [0.15, 0.2) is 57.0 Å². The zero-order valence-electron chi connectivity index (χ0n) is 14.2. The largest absolute Gasteiger partial charge is 0.503 e. The highest BCUT2D eigenvalue weighted by Gasteiger charge is 2.45. The first kappa shape index (κ1) is 17.0. The number of carbonyl (C=O) groups is 2. The third-order valence-corrected chi connectivity index (χ3v) is 4.18. The molecule has 25 heavy (non-hydrogen) atoms. The molecule has 0 bridgehead atoms. The minimum Gasteiger partial charge on any atom is -0.503 e. The van der Waals surface area contributed by atoms with Crippen molar-refractivity contribution in [2.24, 2.45) is 0 Å². The van der Waals surface area contributed by atoms with Crippen LogP contribution in [0.5, 0.6) is 0 Å². The lowest BCUT2D eigenvalue weighted by Crippen LogP contribution is -3.05. The SMILES string of the molecule is C[NH+](C)CCCN1C(=O)C(O)=C(C(=O)c2ccco2)[C@@H]1c1ccco1. The number of ketones is 1. The molecule has 1 aliphatic rings. The molecule has 0 aromatic carbocycles. The van der Waals surface area contributed by atoms with Gasteiger partial charge in [0.2, 0.25) is 5.78 Å². The average Bonchev–Trinajstić information content (AvgIpc) is 3.31. The number of aliphatic hydroxyl groups is 1. The molecule has 2 aromatic rings. The van der Waals surface area contributed by atoms with Crippen molar-refractivity contribution in [2.75, 3.05) is 27.2 Å². The van der Waals surface area contributed by atoms with Crippen molar-refractivity contribution in [2.45, 2.75) is 12.5 Å². The Balaban J connectivity index is 1.94. The fraction of sp³-hybridized carbons (Fsp3) is 0.333. The molecule has 0 aliphatic carbocycles. The maximum absolute atomic E-state index is 12.8. The summed E-state index contributed by atoms with van der Waals surface area (Å²) in [6.07, 6.45) is 3.59. The molecule has 0 spiro atoms. The van der Waals surface area contributed by atoms with Gasteiger partial charge in [-0.3, -0.25) is 9.59 Å². The monoisotopic (exact) mass is 345 g/mol. The second kappa shape index (κ2) is 6.98. The number of Topliss-reactive ketones (excluding diaryl/α,β-unsaturated/α-hetero) is 1. The van der Waals surface area contributed by atoms with E-state index in [0.717, 1.165) is 13.0 Å². The smallest absolute Gasteiger partial charge is 0.290 e. The highest BCUT2D eigenvalue weighted by molar-refractivity contribution is 6.14. The number of nitrogens with zero attached hydrogens (tertiary/aromatic N) is 1. The Hall–Kier alpha value is -2.80. The van der Waals surface area contributed by atoms with Crippen LogP contribution in [0.4, 0.5) is 0 Å². The maximum atomic E-state index is 12.8. The third-order valence-electron chi connectivity index (χ3n) is 4.18. The summed E-state index contributed by atoms with van der Waals surface area (Å²) in [4.78, 5) is 28.1. The van der Waals surface area contributed by atoms with Gasteiger partial charge >= 0.3 is 0 Å². The third kappa shape index (κ3) is 3.23. The van der Waals surface area contributed by atoms with Gasteiger partial charge in [-0.05, 0) is 24.3 Å². The summed E-state index contributed by atoms with van der Waals surface area (Å²) in [5.41, 5.74) is -0.00731. The van der Waals surface area contributed by atoms with Crippen molar-refractivity contribution in [1.82, 2.24) is 4.90 Å². The molecule has 7 nitrogen and oxygen atoms in total. The maximum Gasteiger partial charge on any atom is 0.290 e. The lowest BCUT2D eigenvalue weighted by molar-refractivity contribution is -0.858. The summed E-state index contributed by atoms with van der Waals surface area (Å²) in [6, 6.07) is 5.71. The summed E-state index contributed by atoms with van der Waals surface area (Å²) in [5.74, 6) is -1.11. The Kier molecular flexibility index (Phi) is 4.76. The number of hydrogen-bond donors (Lipinski definition) is 2. The topological polar surface area (TPSA) is 88.3 Å². The number of quaternary nitrogens is 1. The Morgan fingerprint density at radius 2 is 1.96 bits per heavy atom. The molecule has 0 radical (unpaired) electrons. The summed E-state index contributed by atoms with van der Waals surface area (Å²) >= 11 is 0. The van der Waals surface area contributed by atoms with Gasteiger partial charge in [0.15, 0.2) is 11.5 Å². The Bertz CT molecular complexity index is 775. The number of amides is 1. The van der Waals surface area contributed by atoms with Crippen LogP contribution in [0.25, 0.3) is 0 Å². The standard InChI is InChI=1S/C18H20N2O5/c1-19(2)8-5-9-20-15(12-6-3-10-24-12)14(17(22)18(20)23)16(21)13-7-4-11-25-13/h3-4,6-7,10-11,15,22H,5,8-9H2,1-2H3/p+1/t15-/m0/s1. The van der Waals surface area contributed by atoms with Gasteiger partial charge in [0, 0.05) is 13.0 Å². The normalized spacial score (nSPS) is 17.8. The molecule has 2 aromatic heterocycles. The van der Waals surface area contributed by atoms with E-state index in [0.29, 0.717) is 12.3 Å².